The maximum Gasteiger partial charge on any atom is 0.223 e. The molecule has 1 atom stereocenters. The van der Waals surface area contributed by atoms with Crippen LogP contribution in [-0.4, -0.2) is 33.6 Å². The molecule has 0 bridgehead atoms. The number of nitrogens with one attached hydrogen (secondary N) is 2. The van der Waals surface area contributed by atoms with E-state index in [4.69, 9.17) is 0 Å². The van der Waals surface area contributed by atoms with Crippen LogP contribution >= 0.6 is 23.1 Å². The second-order valence-electron chi connectivity index (χ2n) is 5.13. The third-order valence-corrected chi connectivity index (χ3v) is 5.40. The number of aryl methyl sites for hydroxylation is 1. The van der Waals surface area contributed by atoms with Crippen LogP contribution in [-0.2, 0) is 23.4 Å². The molecular weight excluding hydrogens is 304 g/mol. The van der Waals surface area contributed by atoms with Gasteiger partial charge in [0.25, 0.3) is 0 Å². The Labute approximate surface area is 131 Å². The second kappa shape index (κ2) is 7.09. The number of nitrogens with zero attached hydrogens (tertiary/aromatic N) is 2. The van der Waals surface area contributed by atoms with Crippen molar-refractivity contribution in [3.63, 3.8) is 0 Å². The summed E-state index contributed by atoms with van der Waals surface area (Å²) in [4.78, 5) is 12.1. The highest BCUT2D eigenvalue weighted by Crippen LogP contribution is 2.22. The lowest BCUT2D eigenvalue weighted by Crippen LogP contribution is -2.35. The van der Waals surface area contributed by atoms with Gasteiger partial charge < -0.3 is 5.32 Å². The van der Waals surface area contributed by atoms with Crippen molar-refractivity contribution >= 4 is 29.0 Å². The molecule has 0 saturated carbocycles. The molecule has 5 nitrogen and oxygen atoms in total. The van der Waals surface area contributed by atoms with Crippen molar-refractivity contribution < 1.29 is 4.79 Å². The van der Waals surface area contributed by atoms with Crippen LogP contribution in [0.1, 0.15) is 23.4 Å². The van der Waals surface area contributed by atoms with Gasteiger partial charge in [0.15, 0.2) is 0 Å². The van der Waals surface area contributed by atoms with E-state index < -0.39 is 0 Å². The summed E-state index contributed by atoms with van der Waals surface area (Å²) in [6, 6.07) is 2.15. The molecule has 1 aliphatic rings. The van der Waals surface area contributed by atoms with Gasteiger partial charge in [0, 0.05) is 30.4 Å². The number of carbonyl (C=O) groups excluding carboxylic acids is 1. The number of carbonyl (C=O) groups is 1. The molecule has 112 valence electrons. The molecule has 0 fully saturated rings. The van der Waals surface area contributed by atoms with Crippen molar-refractivity contribution in [1.29, 1.82) is 0 Å². The quantitative estimate of drug-likeness (QED) is 0.798. The van der Waals surface area contributed by atoms with Gasteiger partial charge >= 0.3 is 0 Å². The SMILES string of the molecule is O=C(NCCSCc1ccsc1)C1CCc2n[nH]nc2C1. The van der Waals surface area contributed by atoms with Crippen molar-refractivity contribution in [2.45, 2.75) is 25.0 Å². The van der Waals surface area contributed by atoms with E-state index in [-0.39, 0.29) is 11.8 Å². The number of hydrogen-bond acceptors (Lipinski definition) is 5. The zero-order valence-electron chi connectivity index (χ0n) is 11.7. The molecule has 7 heteroatoms. The highest BCUT2D eigenvalue weighted by molar-refractivity contribution is 7.98. The highest BCUT2D eigenvalue weighted by atomic mass is 32.2. The topological polar surface area (TPSA) is 70.7 Å². The highest BCUT2D eigenvalue weighted by Gasteiger charge is 2.26. The summed E-state index contributed by atoms with van der Waals surface area (Å²) in [5, 5.41) is 18.1. The van der Waals surface area contributed by atoms with Gasteiger partial charge in [0.05, 0.1) is 11.4 Å². The second-order valence-corrected chi connectivity index (χ2v) is 7.02. The van der Waals surface area contributed by atoms with Crippen LogP contribution in [0.25, 0.3) is 0 Å². The summed E-state index contributed by atoms with van der Waals surface area (Å²) in [6.45, 7) is 0.732. The van der Waals surface area contributed by atoms with Crippen LogP contribution in [0.15, 0.2) is 16.8 Å². The Morgan fingerprint density at radius 2 is 2.38 bits per heavy atom. The minimum atomic E-state index is 0.0458. The van der Waals surface area contributed by atoms with Crippen LogP contribution in [0.5, 0.6) is 0 Å². The van der Waals surface area contributed by atoms with Crippen molar-refractivity contribution in [2.24, 2.45) is 5.92 Å². The largest absolute Gasteiger partial charge is 0.355 e. The van der Waals surface area contributed by atoms with E-state index in [1.54, 1.807) is 11.3 Å². The molecule has 1 aliphatic carbocycles. The third kappa shape index (κ3) is 3.85. The summed E-state index contributed by atoms with van der Waals surface area (Å²) in [5.74, 6) is 2.17. The predicted molar refractivity (Wildman–Crippen MR) is 85.4 cm³/mol. The molecule has 2 aromatic rings. The van der Waals surface area contributed by atoms with Crippen LogP contribution in [0, 0.1) is 5.92 Å². The molecule has 1 unspecified atom stereocenters. The molecule has 0 radical (unpaired) electrons. The van der Waals surface area contributed by atoms with Gasteiger partial charge in [-0.3, -0.25) is 4.79 Å². The molecule has 2 heterocycles. The molecule has 0 aromatic carbocycles. The number of thioether (sulfide) groups is 1. The van der Waals surface area contributed by atoms with Gasteiger partial charge in [-0.2, -0.15) is 38.5 Å². The lowest BCUT2D eigenvalue weighted by atomic mass is 9.89. The van der Waals surface area contributed by atoms with Crippen LogP contribution in [0.4, 0.5) is 0 Å². The normalized spacial score (nSPS) is 17.4. The number of aromatic amines is 1. The molecule has 3 rings (SSSR count). The van der Waals surface area contributed by atoms with Crippen LogP contribution in [0.3, 0.4) is 0 Å². The molecule has 0 spiro atoms. The molecule has 21 heavy (non-hydrogen) atoms. The minimum Gasteiger partial charge on any atom is -0.355 e. The molecule has 0 aliphatic heterocycles. The van der Waals surface area contributed by atoms with Gasteiger partial charge in [-0.15, -0.1) is 0 Å². The van der Waals surface area contributed by atoms with E-state index in [9.17, 15) is 4.79 Å². The first kappa shape index (κ1) is 14.6. The number of amides is 1. The van der Waals surface area contributed by atoms with Gasteiger partial charge in [0.1, 0.15) is 0 Å². The first-order chi connectivity index (χ1) is 10.3. The van der Waals surface area contributed by atoms with E-state index in [2.05, 4.69) is 37.6 Å². The monoisotopic (exact) mass is 322 g/mol. The average molecular weight is 322 g/mol. The molecule has 1 amide bonds. The Morgan fingerprint density at radius 1 is 1.48 bits per heavy atom. The van der Waals surface area contributed by atoms with E-state index in [1.807, 2.05) is 11.8 Å². The lowest BCUT2D eigenvalue weighted by molar-refractivity contribution is -0.125. The summed E-state index contributed by atoms with van der Waals surface area (Å²) >= 11 is 3.58. The fourth-order valence-electron chi connectivity index (χ4n) is 2.46. The van der Waals surface area contributed by atoms with Gasteiger partial charge in [0.2, 0.25) is 5.91 Å². The fraction of sp³-hybridized carbons (Fsp3) is 0.500. The number of hydrogen-bond donors (Lipinski definition) is 2. The smallest absolute Gasteiger partial charge is 0.223 e. The zero-order chi connectivity index (χ0) is 14.5. The van der Waals surface area contributed by atoms with E-state index in [0.29, 0.717) is 6.42 Å². The molecule has 0 saturated heterocycles. The number of fused-ring (bicyclic) bond motifs is 1. The Morgan fingerprint density at radius 3 is 3.24 bits per heavy atom. The molecule has 2 aromatic heterocycles. The number of aromatic nitrogens is 3. The lowest BCUT2D eigenvalue weighted by Gasteiger charge is -2.19. The maximum absolute atomic E-state index is 12.1. The zero-order valence-corrected chi connectivity index (χ0v) is 13.3. The summed E-state index contributed by atoms with van der Waals surface area (Å²) < 4.78 is 0. The molecule has 2 N–H and O–H groups in total. The van der Waals surface area contributed by atoms with Gasteiger partial charge in [-0.05, 0) is 35.2 Å². The molecular formula is C14H18N4OS2. The standard InChI is InChI=1S/C14H18N4OS2/c19-14(11-1-2-12-13(7-11)17-18-16-12)15-4-6-21-9-10-3-5-20-8-10/h3,5,8,11H,1-2,4,6-7,9H2,(H,15,19)(H,16,17,18). The fourth-order valence-corrected chi connectivity index (χ4v) is 4.04. The number of rotatable bonds is 6. The number of H-pyrrole nitrogens is 1. The first-order valence-electron chi connectivity index (χ1n) is 7.08. The Balaban J connectivity index is 1.35. The van der Waals surface area contributed by atoms with Crippen molar-refractivity contribution in [3.8, 4) is 0 Å². The van der Waals surface area contributed by atoms with E-state index in [0.717, 1.165) is 42.3 Å². The van der Waals surface area contributed by atoms with Crippen molar-refractivity contribution in [3.05, 3.63) is 33.8 Å². The van der Waals surface area contributed by atoms with Crippen LogP contribution in [0.2, 0.25) is 0 Å². The minimum absolute atomic E-state index is 0.0458. The van der Waals surface area contributed by atoms with Crippen LogP contribution < -0.4 is 5.32 Å². The summed E-state index contributed by atoms with van der Waals surface area (Å²) in [7, 11) is 0. The predicted octanol–water partition coefficient (Wildman–Crippen LogP) is 2.02. The van der Waals surface area contributed by atoms with E-state index >= 15 is 0 Å². The van der Waals surface area contributed by atoms with Crippen molar-refractivity contribution in [1.82, 2.24) is 20.7 Å². The third-order valence-electron chi connectivity index (χ3n) is 3.64. The van der Waals surface area contributed by atoms with Gasteiger partial charge in [-0.1, -0.05) is 0 Å². The number of thiophene rings is 1. The van der Waals surface area contributed by atoms with Gasteiger partial charge in [-0.25, -0.2) is 0 Å². The summed E-state index contributed by atoms with van der Waals surface area (Å²) in [5.41, 5.74) is 3.33. The van der Waals surface area contributed by atoms with Crippen molar-refractivity contribution in [2.75, 3.05) is 12.3 Å². The Hall–Kier alpha value is -1.34. The Kier molecular flexibility index (Phi) is 4.92. The summed E-state index contributed by atoms with van der Waals surface area (Å²) in [6.07, 6.45) is 2.42. The average Bonchev–Trinajstić information content (AvgIpc) is 3.17. The Bertz CT molecular complexity index is 582. The van der Waals surface area contributed by atoms with E-state index in [1.165, 1.54) is 5.56 Å². The first-order valence-corrected chi connectivity index (χ1v) is 9.17. The maximum atomic E-state index is 12.1.